The van der Waals surface area contributed by atoms with E-state index in [9.17, 15) is 33.1 Å². The summed E-state index contributed by atoms with van der Waals surface area (Å²) in [7, 11) is -4.29. The molecule has 14 nitrogen and oxygen atoms in total. The first-order chi connectivity index (χ1) is 24.6. The molecule has 0 aliphatic carbocycles. The number of urea groups is 1. The number of anilines is 1. The minimum absolute atomic E-state index is 0.00629. The molecule has 1 aliphatic heterocycles. The van der Waals surface area contributed by atoms with Crippen molar-refractivity contribution in [3.8, 4) is 0 Å². The Morgan fingerprint density at radius 1 is 1.06 bits per heavy atom. The molecule has 2 aromatic carbocycles. The fraction of sp³-hybridized carbons (Fsp3) is 0.500. The lowest BCUT2D eigenvalue weighted by Gasteiger charge is -2.34. The maximum absolute atomic E-state index is 14.1. The van der Waals surface area contributed by atoms with Crippen LogP contribution in [-0.4, -0.2) is 107 Å². The van der Waals surface area contributed by atoms with E-state index in [4.69, 9.17) is 4.74 Å². The third kappa shape index (κ3) is 10.3. The van der Waals surface area contributed by atoms with Gasteiger partial charge in [0.25, 0.3) is 0 Å². The number of sulfonamides is 1. The first-order valence-electron chi connectivity index (χ1n) is 17.4. The van der Waals surface area contributed by atoms with E-state index in [0.717, 1.165) is 26.6 Å². The van der Waals surface area contributed by atoms with Gasteiger partial charge in [-0.2, -0.15) is 9.37 Å². The van der Waals surface area contributed by atoms with Crippen molar-refractivity contribution < 1.29 is 37.9 Å². The van der Waals surface area contributed by atoms with Crippen LogP contribution in [0.2, 0.25) is 0 Å². The molecule has 0 spiro atoms. The lowest BCUT2D eigenvalue weighted by molar-refractivity contribution is -0.128. The number of hydrogen-bond acceptors (Lipinski definition) is 10. The third-order valence-electron chi connectivity index (χ3n) is 8.57. The molecule has 0 unspecified atom stereocenters. The minimum atomic E-state index is -4.29. The molecule has 3 atom stereocenters. The molecular formula is C36H50N6O8S2. The van der Waals surface area contributed by atoms with E-state index in [2.05, 4.69) is 10.3 Å². The Balaban J connectivity index is 1.59. The Bertz CT molecular complexity index is 1770. The maximum Gasteiger partial charge on any atom is 0.438 e. The summed E-state index contributed by atoms with van der Waals surface area (Å²) in [6, 6.07) is 12.4. The minimum Gasteiger partial charge on any atom is -0.448 e. The Morgan fingerprint density at radius 3 is 2.38 bits per heavy atom. The highest BCUT2D eigenvalue weighted by Gasteiger charge is 2.40. The van der Waals surface area contributed by atoms with Crippen LogP contribution in [0.1, 0.15) is 50.9 Å². The van der Waals surface area contributed by atoms with Crippen molar-refractivity contribution in [1.29, 1.82) is 0 Å². The molecule has 3 N–H and O–H groups in total. The van der Waals surface area contributed by atoms with Crippen molar-refractivity contribution in [3.63, 3.8) is 0 Å². The molecule has 1 aliphatic rings. The topological polar surface area (TPSA) is 173 Å². The Labute approximate surface area is 310 Å². The Kier molecular flexibility index (Phi) is 14.2. The number of aliphatic hydroxyl groups excluding tert-OH is 1. The smallest absolute Gasteiger partial charge is 0.438 e. The number of carbonyl (C=O) groups is 3. The molecule has 1 saturated heterocycles. The maximum atomic E-state index is 14.1. The van der Waals surface area contributed by atoms with Gasteiger partial charge in [-0.15, -0.1) is 11.3 Å². The van der Waals surface area contributed by atoms with Gasteiger partial charge in [-0.1, -0.05) is 64.1 Å². The van der Waals surface area contributed by atoms with Crippen LogP contribution in [0.25, 0.3) is 0 Å². The number of aromatic nitrogens is 1. The van der Waals surface area contributed by atoms with Crippen molar-refractivity contribution in [2.24, 2.45) is 11.8 Å². The molecule has 0 saturated carbocycles. The fourth-order valence-corrected chi connectivity index (χ4v) is 8.40. The van der Waals surface area contributed by atoms with E-state index >= 15 is 0 Å². The van der Waals surface area contributed by atoms with Crippen molar-refractivity contribution in [1.82, 2.24) is 24.4 Å². The quantitative estimate of drug-likeness (QED) is 0.132. The van der Waals surface area contributed by atoms with Gasteiger partial charge in [-0.05, 0) is 55.9 Å². The summed E-state index contributed by atoms with van der Waals surface area (Å²) in [5, 5.41) is 28.2. The number of carbonyl (C=O) groups excluding carboxylic acids is 3. The summed E-state index contributed by atoms with van der Waals surface area (Å²) >= 11 is 1.51. The number of hydrogen-bond donors (Lipinski definition) is 3. The van der Waals surface area contributed by atoms with E-state index < -0.39 is 40.2 Å². The van der Waals surface area contributed by atoms with Crippen LogP contribution in [0.3, 0.4) is 0 Å². The average molecular weight is 759 g/mol. The van der Waals surface area contributed by atoms with Gasteiger partial charge in [-0.25, -0.2) is 23.0 Å². The predicted molar refractivity (Wildman–Crippen MR) is 197 cm³/mol. The lowest BCUT2D eigenvalue weighted by atomic mass is 9.97. The highest BCUT2D eigenvalue weighted by molar-refractivity contribution is 7.89. The van der Waals surface area contributed by atoms with E-state index in [1.54, 1.807) is 16.7 Å². The van der Waals surface area contributed by atoms with Crippen LogP contribution in [0, 0.1) is 18.8 Å². The molecule has 0 bridgehead atoms. The molecule has 284 valence electrons. The van der Waals surface area contributed by atoms with Gasteiger partial charge >= 0.3 is 12.1 Å². The second-order valence-electron chi connectivity index (χ2n) is 13.5. The normalized spacial score (nSPS) is 15.3. The number of hydroxylamine groups is 1. The number of ether oxygens (including phenoxy) is 1. The lowest BCUT2D eigenvalue weighted by Crippen LogP contribution is -2.57. The second-order valence-corrected chi connectivity index (χ2v) is 16.5. The number of nitrogens with one attached hydrogen (secondary N) is 1. The van der Waals surface area contributed by atoms with Crippen molar-refractivity contribution in [3.05, 3.63) is 76.2 Å². The van der Waals surface area contributed by atoms with Crippen molar-refractivity contribution >= 4 is 45.1 Å². The van der Waals surface area contributed by atoms with E-state index in [1.165, 1.54) is 29.5 Å². The second kappa shape index (κ2) is 18.1. The zero-order valence-electron chi connectivity index (χ0n) is 30.5. The number of benzene rings is 2. The van der Waals surface area contributed by atoms with E-state index in [0.29, 0.717) is 19.6 Å². The molecule has 1 aromatic heterocycles. The van der Waals surface area contributed by atoms with Gasteiger partial charge in [0.15, 0.2) is 0 Å². The van der Waals surface area contributed by atoms with Crippen LogP contribution in [0.15, 0.2) is 64.9 Å². The van der Waals surface area contributed by atoms with Crippen LogP contribution in [-0.2, 0) is 32.5 Å². The Hall–Kier alpha value is -4.09. The number of rotatable bonds is 17. The van der Waals surface area contributed by atoms with Gasteiger partial charge in [0.05, 0.1) is 46.6 Å². The van der Waals surface area contributed by atoms with Crippen LogP contribution in [0.5, 0.6) is 0 Å². The first-order valence-corrected chi connectivity index (χ1v) is 19.7. The van der Waals surface area contributed by atoms with Gasteiger partial charge in [0, 0.05) is 31.6 Å². The number of aryl methyl sites for hydroxylation is 1. The molecule has 4 amide bonds. The van der Waals surface area contributed by atoms with Crippen molar-refractivity contribution in [2.75, 3.05) is 37.8 Å². The number of aliphatic hydroxyl groups is 1. The molecule has 1 fully saturated rings. The van der Waals surface area contributed by atoms with Gasteiger partial charge in [0.2, 0.25) is 15.9 Å². The average Bonchev–Trinajstić information content (AvgIpc) is 3.67. The summed E-state index contributed by atoms with van der Waals surface area (Å²) in [4.78, 5) is 47.3. The summed E-state index contributed by atoms with van der Waals surface area (Å²) in [5.74, 6) is -0.878. The van der Waals surface area contributed by atoms with Crippen LogP contribution < -0.4 is 10.4 Å². The molecule has 0 radical (unpaired) electrons. The Morgan fingerprint density at radius 2 is 1.77 bits per heavy atom. The zero-order valence-corrected chi connectivity index (χ0v) is 32.1. The molecule has 4 rings (SSSR count). The molecular weight excluding hydrogens is 709 g/mol. The molecule has 52 heavy (non-hydrogen) atoms. The van der Waals surface area contributed by atoms with Crippen molar-refractivity contribution in [2.45, 2.75) is 77.6 Å². The molecule has 2 heterocycles. The van der Waals surface area contributed by atoms with Crippen LogP contribution in [0.4, 0.5) is 15.3 Å². The third-order valence-corrected chi connectivity index (χ3v) is 11.2. The fourth-order valence-electron chi connectivity index (χ4n) is 6.13. The number of thiazole rings is 1. The highest BCUT2D eigenvalue weighted by atomic mass is 32.2. The zero-order chi connectivity index (χ0) is 38.2. The SMILES string of the molecule is CCOC(=O)N(O)c1cccc(S(=O)(=O)N(CC(C)C)C[C@@H](O)[C@H](Cc2ccccc2)NC(=O)[C@H](C(C)C)N2CCN(Cc3csc(C)n3)C2=O)c1. The van der Waals surface area contributed by atoms with Gasteiger partial charge < -0.3 is 25.0 Å². The van der Waals surface area contributed by atoms with Gasteiger partial charge in [-0.3, -0.25) is 10.0 Å². The highest BCUT2D eigenvalue weighted by Crippen LogP contribution is 2.25. The molecule has 16 heteroatoms. The standard InChI is InChI=1S/C36H50N6O8S2/c1-7-50-36(46)42(47)29-14-11-15-30(19-29)52(48,49)40(20-24(2)3)22-32(43)31(18-27-12-9-8-10-13-27)38-34(44)33(25(4)5)41-17-16-39(35(41)45)21-28-23-51-26(6)37-28/h8-15,19,23-25,31-33,43,47H,7,16-18,20-22H2,1-6H3,(H,38,44)/t31-,32+,33-/m0/s1. The largest absolute Gasteiger partial charge is 0.448 e. The summed E-state index contributed by atoms with van der Waals surface area (Å²) in [6.07, 6.45) is -2.25. The molecule has 3 aromatic rings. The van der Waals surface area contributed by atoms with Gasteiger partial charge in [0.1, 0.15) is 6.04 Å². The summed E-state index contributed by atoms with van der Waals surface area (Å²) in [6.45, 7) is 11.6. The predicted octanol–water partition coefficient (Wildman–Crippen LogP) is 4.50. The van der Waals surface area contributed by atoms with E-state index in [1.807, 2.05) is 70.3 Å². The first kappa shape index (κ1) is 40.7. The number of nitrogens with zero attached hydrogens (tertiary/aromatic N) is 5. The summed E-state index contributed by atoms with van der Waals surface area (Å²) < 4.78 is 34.2. The summed E-state index contributed by atoms with van der Waals surface area (Å²) in [5.41, 5.74) is 1.48. The van der Waals surface area contributed by atoms with E-state index in [-0.39, 0.29) is 59.6 Å². The van der Waals surface area contributed by atoms with Crippen LogP contribution >= 0.6 is 11.3 Å². The monoisotopic (exact) mass is 758 g/mol. The number of amides is 4.